The summed E-state index contributed by atoms with van der Waals surface area (Å²) in [6.07, 6.45) is -0.466. The summed E-state index contributed by atoms with van der Waals surface area (Å²) in [6.45, 7) is 5.74. The van der Waals surface area contributed by atoms with Crippen molar-refractivity contribution < 1.29 is 14.3 Å². The number of H-pyrrole nitrogens is 2. The van der Waals surface area contributed by atoms with Crippen molar-refractivity contribution in [2.75, 3.05) is 19.7 Å². The minimum atomic E-state index is -0.466. The Balaban J connectivity index is 1.46. The Kier molecular flexibility index (Phi) is 5.05. The average molecular weight is 416 g/mol. The molecule has 4 aromatic rings. The first-order valence-corrected chi connectivity index (χ1v) is 10.4. The van der Waals surface area contributed by atoms with Crippen LogP contribution in [-0.2, 0) is 4.74 Å². The van der Waals surface area contributed by atoms with Crippen LogP contribution in [-0.4, -0.2) is 46.5 Å². The van der Waals surface area contributed by atoms with Gasteiger partial charge in [0.2, 0.25) is 5.78 Å². The van der Waals surface area contributed by atoms with Gasteiger partial charge in [-0.3, -0.25) is 4.79 Å². The van der Waals surface area contributed by atoms with Crippen molar-refractivity contribution in [2.45, 2.75) is 20.0 Å². The van der Waals surface area contributed by atoms with Crippen LogP contribution in [0.2, 0.25) is 0 Å². The van der Waals surface area contributed by atoms with Crippen LogP contribution in [0.25, 0.3) is 22.4 Å². The molecular formula is C24H24N4O3. The highest BCUT2D eigenvalue weighted by molar-refractivity contribution is 6.01. The van der Waals surface area contributed by atoms with Crippen LogP contribution in [0.4, 0.5) is 0 Å². The Morgan fingerprint density at radius 3 is 2.71 bits per heavy atom. The fourth-order valence-corrected chi connectivity index (χ4v) is 4.04. The summed E-state index contributed by atoms with van der Waals surface area (Å²) in [5, 5.41) is 3.21. The van der Waals surface area contributed by atoms with Gasteiger partial charge in [-0.1, -0.05) is 18.2 Å². The van der Waals surface area contributed by atoms with E-state index in [2.05, 4.69) is 15.3 Å². The average Bonchev–Trinajstić information content (AvgIpc) is 3.33. The van der Waals surface area contributed by atoms with Crippen molar-refractivity contribution in [3.05, 3.63) is 65.5 Å². The van der Waals surface area contributed by atoms with Crippen molar-refractivity contribution in [2.24, 2.45) is 0 Å². The van der Waals surface area contributed by atoms with Gasteiger partial charge in [0.15, 0.2) is 0 Å². The molecule has 1 atom stereocenters. The van der Waals surface area contributed by atoms with E-state index in [1.165, 1.54) is 0 Å². The number of fused-ring (bicyclic) bond motifs is 1. The maximum atomic E-state index is 13.0. The lowest BCUT2D eigenvalue weighted by molar-refractivity contribution is 0.0265. The number of imidazole rings is 1. The van der Waals surface area contributed by atoms with E-state index in [0.717, 1.165) is 51.7 Å². The number of hydrogen-bond acceptors (Lipinski definition) is 5. The molecule has 1 saturated heterocycles. The predicted octanol–water partition coefficient (Wildman–Crippen LogP) is 4.14. The quantitative estimate of drug-likeness (QED) is 0.425. The monoisotopic (exact) mass is 416 g/mol. The molecule has 3 heterocycles. The highest BCUT2D eigenvalue weighted by Crippen LogP contribution is 2.31. The lowest BCUT2D eigenvalue weighted by Gasteiger charge is -2.22. The lowest BCUT2D eigenvalue weighted by atomic mass is 10.0. The van der Waals surface area contributed by atoms with E-state index in [0.29, 0.717) is 18.8 Å². The smallest absolute Gasteiger partial charge is 0.209 e. The van der Waals surface area contributed by atoms with Crippen LogP contribution >= 0.6 is 0 Å². The first kappa shape index (κ1) is 19.5. The highest BCUT2D eigenvalue weighted by Gasteiger charge is 2.28. The maximum Gasteiger partial charge on any atom is 0.209 e. The third-order valence-corrected chi connectivity index (χ3v) is 5.57. The standard InChI is InChI=1S/C24H24N4O3/c1-14-21(15(2)26-22(14)23(29)20-13-25-10-11-30-20)24-27-18-9-8-17(12-19(18)28-24)31-16-6-4-3-5-7-16/h3-9,12,20,25-26H,10-11,13H2,1-2H3,(H,27,28). The summed E-state index contributed by atoms with van der Waals surface area (Å²) in [6, 6.07) is 15.4. The summed E-state index contributed by atoms with van der Waals surface area (Å²) in [5.41, 5.74) is 4.96. The first-order chi connectivity index (χ1) is 15.1. The number of morpholine rings is 1. The normalized spacial score (nSPS) is 16.5. The van der Waals surface area contributed by atoms with Crippen LogP contribution in [0.1, 0.15) is 21.7 Å². The Morgan fingerprint density at radius 1 is 1.10 bits per heavy atom. The number of aromatic amines is 2. The molecule has 0 saturated carbocycles. The number of ketones is 1. The SMILES string of the molecule is Cc1[nH]c(C(=O)C2CNCCO2)c(C)c1-c1nc2ccc(Oc3ccccc3)cc2[nH]1. The number of carbonyl (C=O) groups is 1. The Labute approximate surface area is 179 Å². The molecule has 0 radical (unpaired) electrons. The van der Waals surface area contributed by atoms with Gasteiger partial charge in [-0.25, -0.2) is 4.98 Å². The molecule has 1 aliphatic rings. The molecule has 3 N–H and O–H groups in total. The Hall–Kier alpha value is -3.42. The third-order valence-electron chi connectivity index (χ3n) is 5.57. The number of aryl methyl sites for hydroxylation is 1. The summed E-state index contributed by atoms with van der Waals surface area (Å²) in [7, 11) is 0. The molecule has 0 aliphatic carbocycles. The molecule has 1 aliphatic heterocycles. The fraction of sp³-hybridized carbons (Fsp3) is 0.250. The van der Waals surface area contributed by atoms with Gasteiger partial charge in [0.25, 0.3) is 0 Å². The maximum absolute atomic E-state index is 13.0. The van der Waals surface area contributed by atoms with Gasteiger partial charge in [-0.15, -0.1) is 0 Å². The van der Waals surface area contributed by atoms with Crippen molar-refractivity contribution in [1.82, 2.24) is 20.3 Å². The largest absolute Gasteiger partial charge is 0.457 e. The fourth-order valence-electron chi connectivity index (χ4n) is 4.04. The number of rotatable bonds is 5. The summed E-state index contributed by atoms with van der Waals surface area (Å²) >= 11 is 0. The minimum Gasteiger partial charge on any atom is -0.457 e. The molecule has 5 rings (SSSR count). The van der Waals surface area contributed by atoms with Gasteiger partial charge >= 0.3 is 0 Å². The van der Waals surface area contributed by atoms with Crippen LogP contribution in [0.5, 0.6) is 11.5 Å². The zero-order chi connectivity index (χ0) is 21.4. The molecular weight excluding hydrogens is 392 g/mol. The number of hydrogen-bond donors (Lipinski definition) is 3. The van der Waals surface area contributed by atoms with Gasteiger partial charge < -0.3 is 24.8 Å². The van der Waals surface area contributed by atoms with E-state index in [1.807, 2.05) is 62.4 Å². The Morgan fingerprint density at radius 2 is 1.94 bits per heavy atom. The van der Waals surface area contributed by atoms with Crippen LogP contribution in [0.15, 0.2) is 48.5 Å². The number of Topliss-reactive ketones (excluding diaryl/α,β-unsaturated/α-hetero) is 1. The molecule has 2 aromatic heterocycles. The number of carbonyl (C=O) groups excluding carboxylic acids is 1. The van der Waals surface area contributed by atoms with Gasteiger partial charge in [-0.05, 0) is 43.7 Å². The molecule has 7 heteroatoms. The molecule has 0 spiro atoms. The van der Waals surface area contributed by atoms with Gasteiger partial charge in [0, 0.05) is 30.4 Å². The van der Waals surface area contributed by atoms with Gasteiger partial charge in [-0.2, -0.15) is 0 Å². The van der Waals surface area contributed by atoms with Crippen molar-refractivity contribution >= 4 is 16.8 Å². The van der Waals surface area contributed by atoms with Crippen LogP contribution < -0.4 is 10.1 Å². The summed E-state index contributed by atoms with van der Waals surface area (Å²) < 4.78 is 11.6. The van der Waals surface area contributed by atoms with Gasteiger partial charge in [0.05, 0.1) is 23.3 Å². The van der Waals surface area contributed by atoms with Crippen LogP contribution in [0.3, 0.4) is 0 Å². The van der Waals surface area contributed by atoms with Crippen molar-refractivity contribution in [3.8, 4) is 22.9 Å². The molecule has 0 bridgehead atoms. The second kappa shape index (κ2) is 8.02. The van der Waals surface area contributed by atoms with Crippen molar-refractivity contribution in [3.63, 3.8) is 0 Å². The zero-order valence-electron chi connectivity index (χ0n) is 17.5. The van der Waals surface area contributed by atoms with Gasteiger partial charge in [0.1, 0.15) is 23.4 Å². The van der Waals surface area contributed by atoms with E-state index < -0.39 is 6.10 Å². The highest BCUT2D eigenvalue weighted by atomic mass is 16.5. The lowest BCUT2D eigenvalue weighted by Crippen LogP contribution is -2.43. The number of benzene rings is 2. The zero-order valence-corrected chi connectivity index (χ0v) is 17.5. The van der Waals surface area contributed by atoms with E-state index in [1.54, 1.807) is 0 Å². The topological polar surface area (TPSA) is 92.0 Å². The summed E-state index contributed by atoms with van der Waals surface area (Å²) in [5.74, 6) is 2.20. The third kappa shape index (κ3) is 3.73. The number of aromatic nitrogens is 3. The summed E-state index contributed by atoms with van der Waals surface area (Å²) in [4.78, 5) is 24.4. The number of nitrogens with zero attached hydrogens (tertiary/aromatic N) is 1. The molecule has 1 unspecified atom stereocenters. The molecule has 1 fully saturated rings. The molecule has 31 heavy (non-hydrogen) atoms. The van der Waals surface area contributed by atoms with E-state index in [4.69, 9.17) is 14.5 Å². The number of ether oxygens (including phenoxy) is 2. The predicted molar refractivity (Wildman–Crippen MR) is 119 cm³/mol. The second-order valence-corrected chi connectivity index (χ2v) is 7.73. The molecule has 2 aromatic carbocycles. The number of para-hydroxylation sites is 1. The number of nitrogens with one attached hydrogen (secondary N) is 3. The second-order valence-electron chi connectivity index (χ2n) is 7.73. The molecule has 158 valence electrons. The van der Waals surface area contributed by atoms with Crippen molar-refractivity contribution in [1.29, 1.82) is 0 Å². The van der Waals surface area contributed by atoms with E-state index >= 15 is 0 Å². The van der Waals surface area contributed by atoms with E-state index in [9.17, 15) is 4.79 Å². The first-order valence-electron chi connectivity index (χ1n) is 10.4. The molecule has 0 amide bonds. The minimum absolute atomic E-state index is 0.0336. The Bertz CT molecular complexity index is 1240. The molecule has 7 nitrogen and oxygen atoms in total. The van der Waals surface area contributed by atoms with E-state index in [-0.39, 0.29) is 5.78 Å². The van der Waals surface area contributed by atoms with Crippen LogP contribution in [0, 0.1) is 13.8 Å².